The van der Waals surface area contributed by atoms with Gasteiger partial charge in [-0.15, -0.1) is 11.3 Å². The largest absolute Gasteiger partial charge is 0.346 e. The summed E-state index contributed by atoms with van der Waals surface area (Å²) in [7, 11) is 2.14. The lowest BCUT2D eigenvalue weighted by Crippen LogP contribution is -2.44. The van der Waals surface area contributed by atoms with Crippen molar-refractivity contribution in [3.63, 3.8) is 0 Å². The summed E-state index contributed by atoms with van der Waals surface area (Å²) in [4.78, 5) is 37.7. The Bertz CT molecular complexity index is 1180. The standard InChI is InChI=1S/C21H19N5O2S2/c1-25-6-8-26(9-7-25)20-23-17(12-29-20)14-4-5-22-16-3-2-13(10-15(14)16)11-18-19(27)24-21(28)30-18/h2-5,10-12H,6-9H2,1H3,(H,24,27,28). The number of piperazine rings is 1. The van der Waals surface area contributed by atoms with Gasteiger partial charge < -0.3 is 9.80 Å². The number of nitrogens with zero attached hydrogens (tertiary/aromatic N) is 4. The van der Waals surface area contributed by atoms with Crippen LogP contribution in [-0.2, 0) is 4.79 Å². The van der Waals surface area contributed by atoms with Crippen molar-refractivity contribution in [2.45, 2.75) is 0 Å². The number of carbonyl (C=O) groups excluding carboxylic acids is 2. The number of likely N-dealkylation sites (N-methyl/N-ethyl adjacent to an activating group) is 1. The smallest absolute Gasteiger partial charge is 0.290 e. The van der Waals surface area contributed by atoms with Crippen LogP contribution in [0.2, 0.25) is 0 Å². The Morgan fingerprint density at radius 1 is 1.13 bits per heavy atom. The minimum absolute atomic E-state index is 0.340. The molecule has 9 heteroatoms. The zero-order valence-corrected chi connectivity index (χ0v) is 17.9. The molecule has 0 spiro atoms. The highest BCUT2D eigenvalue weighted by atomic mass is 32.2. The van der Waals surface area contributed by atoms with Crippen LogP contribution in [0.1, 0.15) is 5.56 Å². The van der Waals surface area contributed by atoms with E-state index in [1.165, 1.54) is 0 Å². The maximum Gasteiger partial charge on any atom is 0.290 e. The number of pyridine rings is 1. The molecule has 4 heterocycles. The van der Waals surface area contributed by atoms with Crippen LogP contribution in [-0.4, -0.2) is 59.2 Å². The fourth-order valence-electron chi connectivity index (χ4n) is 3.58. The first-order valence-corrected chi connectivity index (χ1v) is 11.3. The Morgan fingerprint density at radius 3 is 2.73 bits per heavy atom. The lowest BCUT2D eigenvalue weighted by molar-refractivity contribution is -0.115. The minimum Gasteiger partial charge on any atom is -0.346 e. The Balaban J connectivity index is 1.50. The third-order valence-corrected chi connectivity index (χ3v) is 6.96. The van der Waals surface area contributed by atoms with Gasteiger partial charge in [-0.2, -0.15) is 0 Å². The molecule has 2 amide bonds. The second kappa shape index (κ2) is 7.82. The van der Waals surface area contributed by atoms with Crippen LogP contribution in [0.3, 0.4) is 0 Å². The molecule has 1 N–H and O–H groups in total. The van der Waals surface area contributed by atoms with E-state index in [-0.39, 0.29) is 11.1 Å². The summed E-state index contributed by atoms with van der Waals surface area (Å²) >= 11 is 2.58. The molecule has 152 valence electrons. The highest BCUT2D eigenvalue weighted by molar-refractivity contribution is 8.18. The van der Waals surface area contributed by atoms with E-state index in [9.17, 15) is 9.59 Å². The van der Waals surface area contributed by atoms with Crippen molar-refractivity contribution in [3.8, 4) is 11.3 Å². The topological polar surface area (TPSA) is 78.4 Å². The number of thioether (sulfide) groups is 1. The number of hydrogen-bond acceptors (Lipinski definition) is 8. The number of aromatic nitrogens is 2. The summed E-state index contributed by atoms with van der Waals surface area (Å²) in [5.74, 6) is -0.354. The summed E-state index contributed by atoms with van der Waals surface area (Å²) < 4.78 is 0. The number of hydrogen-bond donors (Lipinski definition) is 1. The van der Waals surface area contributed by atoms with Crippen molar-refractivity contribution in [3.05, 3.63) is 46.3 Å². The lowest BCUT2D eigenvalue weighted by Gasteiger charge is -2.32. The number of anilines is 1. The van der Waals surface area contributed by atoms with E-state index in [0.29, 0.717) is 4.91 Å². The van der Waals surface area contributed by atoms with Gasteiger partial charge in [0.15, 0.2) is 5.13 Å². The molecule has 0 atom stereocenters. The predicted octanol–water partition coefficient (Wildman–Crippen LogP) is 3.43. The van der Waals surface area contributed by atoms with Gasteiger partial charge in [-0.05, 0) is 48.6 Å². The van der Waals surface area contributed by atoms with Gasteiger partial charge in [0.25, 0.3) is 11.1 Å². The summed E-state index contributed by atoms with van der Waals surface area (Å²) in [6.07, 6.45) is 3.53. The molecule has 2 aliphatic heterocycles. The number of amides is 2. The molecular weight excluding hydrogens is 418 g/mol. The SMILES string of the molecule is CN1CCN(c2nc(-c3ccnc4ccc(C=C5SC(=O)NC5=O)cc34)cs2)CC1. The van der Waals surface area contributed by atoms with Gasteiger partial charge in [0.1, 0.15) is 0 Å². The average molecular weight is 438 g/mol. The van der Waals surface area contributed by atoms with Crippen LogP contribution in [0.25, 0.3) is 28.2 Å². The molecular formula is C21H19N5O2S2. The van der Waals surface area contributed by atoms with Crippen molar-refractivity contribution >= 4 is 56.4 Å². The van der Waals surface area contributed by atoms with Crippen molar-refractivity contribution in [2.75, 3.05) is 38.1 Å². The van der Waals surface area contributed by atoms with Gasteiger partial charge in [0.05, 0.1) is 16.1 Å². The third-order valence-electron chi connectivity index (χ3n) is 5.25. The number of fused-ring (bicyclic) bond motifs is 1. The van der Waals surface area contributed by atoms with E-state index >= 15 is 0 Å². The van der Waals surface area contributed by atoms with Crippen LogP contribution < -0.4 is 10.2 Å². The Labute approximate surface area is 181 Å². The van der Waals surface area contributed by atoms with Crippen molar-refractivity contribution in [1.29, 1.82) is 0 Å². The first-order valence-electron chi connectivity index (χ1n) is 9.60. The van der Waals surface area contributed by atoms with Gasteiger partial charge in [-0.3, -0.25) is 19.9 Å². The molecule has 2 fully saturated rings. The van der Waals surface area contributed by atoms with Crippen LogP contribution in [0.15, 0.2) is 40.7 Å². The number of carbonyl (C=O) groups is 2. The van der Waals surface area contributed by atoms with E-state index in [1.807, 2.05) is 24.3 Å². The predicted molar refractivity (Wildman–Crippen MR) is 122 cm³/mol. The molecule has 5 rings (SSSR count). The van der Waals surface area contributed by atoms with Gasteiger partial charge >= 0.3 is 0 Å². The molecule has 2 saturated heterocycles. The average Bonchev–Trinajstić information content (AvgIpc) is 3.34. The lowest BCUT2D eigenvalue weighted by atomic mass is 10.0. The van der Waals surface area contributed by atoms with E-state index in [4.69, 9.17) is 4.98 Å². The molecule has 0 unspecified atom stereocenters. The Hall–Kier alpha value is -2.75. The van der Waals surface area contributed by atoms with Crippen LogP contribution in [0, 0.1) is 0 Å². The van der Waals surface area contributed by atoms with Crippen LogP contribution in [0.5, 0.6) is 0 Å². The Kier molecular flexibility index (Phi) is 5.01. The minimum atomic E-state index is -0.354. The number of nitrogens with one attached hydrogen (secondary N) is 1. The highest BCUT2D eigenvalue weighted by Gasteiger charge is 2.25. The molecule has 7 nitrogen and oxygen atoms in total. The summed E-state index contributed by atoms with van der Waals surface area (Å²) in [6, 6.07) is 7.80. The van der Waals surface area contributed by atoms with E-state index in [2.05, 4.69) is 32.5 Å². The van der Waals surface area contributed by atoms with Gasteiger partial charge in [-0.1, -0.05) is 6.07 Å². The molecule has 0 saturated carbocycles. The summed E-state index contributed by atoms with van der Waals surface area (Å²) in [5.41, 5.74) is 3.65. The van der Waals surface area contributed by atoms with Crippen molar-refractivity contribution in [2.24, 2.45) is 0 Å². The van der Waals surface area contributed by atoms with Gasteiger partial charge in [-0.25, -0.2) is 4.98 Å². The molecule has 30 heavy (non-hydrogen) atoms. The van der Waals surface area contributed by atoms with Crippen molar-refractivity contribution in [1.82, 2.24) is 20.2 Å². The molecule has 2 aromatic heterocycles. The normalized spacial score (nSPS) is 19.1. The number of imide groups is 1. The third kappa shape index (κ3) is 3.71. The van der Waals surface area contributed by atoms with Gasteiger partial charge in [0, 0.05) is 48.7 Å². The first-order chi connectivity index (χ1) is 14.6. The molecule has 1 aromatic carbocycles. The maximum absolute atomic E-state index is 11.9. The number of rotatable bonds is 3. The number of thiazole rings is 1. The molecule has 3 aromatic rings. The quantitative estimate of drug-likeness (QED) is 0.629. The van der Waals surface area contributed by atoms with E-state index in [1.54, 1.807) is 23.6 Å². The zero-order chi connectivity index (χ0) is 20.7. The first kappa shape index (κ1) is 19.2. The summed E-state index contributed by atoms with van der Waals surface area (Å²) in [5, 5.41) is 6.05. The monoisotopic (exact) mass is 437 g/mol. The second-order valence-electron chi connectivity index (χ2n) is 7.29. The Morgan fingerprint density at radius 2 is 1.97 bits per heavy atom. The zero-order valence-electron chi connectivity index (χ0n) is 16.3. The molecule has 0 radical (unpaired) electrons. The molecule has 0 aliphatic carbocycles. The number of benzene rings is 1. The van der Waals surface area contributed by atoms with Crippen LogP contribution >= 0.6 is 23.1 Å². The fraction of sp³-hybridized carbons (Fsp3) is 0.238. The van der Waals surface area contributed by atoms with E-state index < -0.39 is 0 Å². The van der Waals surface area contributed by atoms with Crippen LogP contribution in [0.4, 0.5) is 9.93 Å². The maximum atomic E-state index is 11.9. The van der Waals surface area contributed by atoms with E-state index in [0.717, 1.165) is 70.8 Å². The molecule has 0 bridgehead atoms. The van der Waals surface area contributed by atoms with Gasteiger partial charge in [0.2, 0.25) is 0 Å². The van der Waals surface area contributed by atoms with Crippen molar-refractivity contribution < 1.29 is 9.59 Å². The second-order valence-corrected chi connectivity index (χ2v) is 9.14. The summed E-state index contributed by atoms with van der Waals surface area (Å²) in [6.45, 7) is 4.05. The molecule has 2 aliphatic rings. The highest BCUT2D eigenvalue weighted by Crippen LogP contribution is 2.33. The fourth-order valence-corrected chi connectivity index (χ4v) is 5.14.